The van der Waals surface area contributed by atoms with Gasteiger partial charge < -0.3 is 25.0 Å². The maximum atomic E-state index is 13.1. The van der Waals surface area contributed by atoms with Crippen molar-refractivity contribution >= 4 is 98.4 Å². The average molecular weight is 610 g/mol. The SMILES string of the molecule is O=COc1ccc2c(c1)N(CC(=O)O)C(=CC=c1sc(=C3SC(=S)N(CC(=O)O)C3=O)n(CC(=O)O)c1=O)S2. The van der Waals surface area contributed by atoms with Crippen molar-refractivity contribution in [1.82, 2.24) is 9.47 Å². The molecule has 1 amide bonds. The monoisotopic (exact) mass is 609 g/mol. The predicted molar refractivity (Wildman–Crippen MR) is 145 cm³/mol. The van der Waals surface area contributed by atoms with Gasteiger partial charge in [-0.3, -0.25) is 38.2 Å². The molecule has 202 valence electrons. The zero-order valence-corrected chi connectivity index (χ0v) is 22.5. The standard InChI is InChI=1S/C22H15N3O10S4/c26-9-35-10-1-2-12-11(5-10)23(6-15(27)28)14(37-12)4-3-13-19(33)24(7-16(29)30)21(38-13)18-20(34)25(8-17(31)32)22(36)39-18/h1-5,9H,6-8H2,(H,27,28)(H,29,30)(H,31,32). The summed E-state index contributed by atoms with van der Waals surface area (Å²) in [5.41, 5.74) is -0.253. The van der Waals surface area contributed by atoms with Gasteiger partial charge in [-0.1, -0.05) is 35.7 Å². The van der Waals surface area contributed by atoms with Crippen LogP contribution in [-0.4, -0.2) is 72.5 Å². The molecule has 2 aliphatic rings. The number of carboxylic acid groups (broad SMARTS) is 3. The number of thiazole rings is 1. The summed E-state index contributed by atoms with van der Waals surface area (Å²) in [6.07, 6.45) is 2.85. The molecule has 0 atom stereocenters. The maximum Gasteiger partial charge on any atom is 0.323 e. The largest absolute Gasteiger partial charge is 0.480 e. The molecule has 2 aromatic rings. The van der Waals surface area contributed by atoms with Crippen LogP contribution in [0.15, 0.2) is 39.0 Å². The smallest absolute Gasteiger partial charge is 0.323 e. The van der Waals surface area contributed by atoms with E-state index in [0.29, 0.717) is 15.6 Å². The lowest BCUT2D eigenvalue weighted by atomic mass is 10.2. The zero-order chi connectivity index (χ0) is 28.4. The Hall–Kier alpha value is -3.93. The van der Waals surface area contributed by atoms with E-state index in [-0.39, 0.29) is 30.6 Å². The van der Waals surface area contributed by atoms with E-state index in [1.54, 1.807) is 6.07 Å². The van der Waals surface area contributed by atoms with Crippen LogP contribution in [0.5, 0.6) is 5.75 Å². The molecule has 0 spiro atoms. The third-order valence-electron chi connectivity index (χ3n) is 5.09. The highest BCUT2D eigenvalue weighted by molar-refractivity contribution is 8.30. The molecule has 3 heterocycles. The first-order valence-corrected chi connectivity index (χ1v) is 13.4. The van der Waals surface area contributed by atoms with Crippen LogP contribution in [0, 0.1) is 0 Å². The molecule has 39 heavy (non-hydrogen) atoms. The van der Waals surface area contributed by atoms with Crippen LogP contribution in [0.2, 0.25) is 0 Å². The van der Waals surface area contributed by atoms with Crippen LogP contribution in [-0.2, 0) is 30.5 Å². The van der Waals surface area contributed by atoms with Gasteiger partial charge >= 0.3 is 17.9 Å². The van der Waals surface area contributed by atoms with E-state index in [1.165, 1.54) is 40.9 Å². The Bertz CT molecular complexity index is 1660. The Balaban J connectivity index is 1.83. The highest BCUT2D eigenvalue weighted by Gasteiger charge is 2.35. The summed E-state index contributed by atoms with van der Waals surface area (Å²) in [6, 6.07) is 4.67. The first kappa shape index (κ1) is 28.1. The third-order valence-corrected chi connectivity index (χ3v) is 8.94. The third kappa shape index (κ3) is 5.90. The number of fused-ring (bicyclic) bond motifs is 1. The second kappa shape index (κ2) is 11.4. The first-order valence-electron chi connectivity index (χ1n) is 10.5. The number of hydrogen-bond acceptors (Lipinski definition) is 12. The number of carboxylic acids is 3. The molecule has 1 aromatic heterocycles. The second-order valence-electron chi connectivity index (χ2n) is 7.64. The number of thioether (sulfide) groups is 2. The van der Waals surface area contributed by atoms with E-state index < -0.39 is 49.0 Å². The Kier molecular flexibility index (Phi) is 8.24. The van der Waals surface area contributed by atoms with Crippen LogP contribution in [0.3, 0.4) is 0 Å². The number of anilines is 1. The fourth-order valence-electron chi connectivity index (χ4n) is 3.56. The average Bonchev–Trinajstić information content (AvgIpc) is 3.44. The Morgan fingerprint density at radius 3 is 2.26 bits per heavy atom. The van der Waals surface area contributed by atoms with Crippen molar-refractivity contribution < 1.29 is 44.0 Å². The lowest BCUT2D eigenvalue weighted by Crippen LogP contribution is -2.36. The van der Waals surface area contributed by atoms with Crippen molar-refractivity contribution in [1.29, 1.82) is 0 Å². The highest BCUT2D eigenvalue weighted by Crippen LogP contribution is 2.47. The van der Waals surface area contributed by atoms with Gasteiger partial charge in [-0.25, -0.2) is 0 Å². The molecule has 17 heteroatoms. The summed E-state index contributed by atoms with van der Waals surface area (Å²) in [5, 5.41) is 28.2. The van der Waals surface area contributed by atoms with Crippen LogP contribution >= 0.6 is 47.1 Å². The number of nitrogens with zero attached hydrogens (tertiary/aromatic N) is 3. The molecule has 1 fully saturated rings. The number of thiocarbonyl (C=S) groups is 1. The molecule has 1 aromatic carbocycles. The van der Waals surface area contributed by atoms with Gasteiger partial charge in [0.1, 0.15) is 39.3 Å². The molecule has 0 unspecified atom stereocenters. The van der Waals surface area contributed by atoms with E-state index in [2.05, 4.69) is 0 Å². The summed E-state index contributed by atoms with van der Waals surface area (Å²) in [7, 11) is 0. The van der Waals surface area contributed by atoms with Crippen molar-refractivity contribution in [3.8, 4) is 5.75 Å². The Labute approximate surface area is 235 Å². The van der Waals surface area contributed by atoms with Gasteiger partial charge in [0.2, 0.25) is 0 Å². The van der Waals surface area contributed by atoms with Crippen LogP contribution in [0.1, 0.15) is 0 Å². The fraction of sp³-hybridized carbons (Fsp3) is 0.136. The van der Waals surface area contributed by atoms with Crippen molar-refractivity contribution in [3.63, 3.8) is 0 Å². The lowest BCUT2D eigenvalue weighted by Gasteiger charge is -2.17. The van der Waals surface area contributed by atoms with Gasteiger partial charge in [-0.05, 0) is 24.3 Å². The number of carbonyl (C=O) groups is 5. The van der Waals surface area contributed by atoms with E-state index in [0.717, 1.165) is 32.6 Å². The summed E-state index contributed by atoms with van der Waals surface area (Å²) in [4.78, 5) is 73.7. The van der Waals surface area contributed by atoms with E-state index in [1.807, 2.05) is 0 Å². The van der Waals surface area contributed by atoms with Crippen LogP contribution in [0.4, 0.5) is 5.69 Å². The molecule has 0 radical (unpaired) electrons. The van der Waals surface area contributed by atoms with Crippen molar-refractivity contribution in [3.05, 3.63) is 48.9 Å². The number of ether oxygens (including phenoxy) is 1. The van der Waals surface area contributed by atoms with E-state index in [9.17, 15) is 39.0 Å². The van der Waals surface area contributed by atoms with Crippen molar-refractivity contribution in [2.75, 3.05) is 18.0 Å². The normalized spacial score (nSPS) is 17.6. The molecule has 3 N–H and O–H groups in total. The van der Waals surface area contributed by atoms with Gasteiger partial charge in [-0.15, -0.1) is 11.3 Å². The second-order valence-corrected chi connectivity index (χ2v) is 11.4. The predicted octanol–water partition coefficient (Wildman–Crippen LogP) is -0.0985. The number of carbonyl (C=O) groups excluding carboxylic acids is 2. The lowest BCUT2D eigenvalue weighted by molar-refractivity contribution is -0.140. The number of allylic oxidation sites excluding steroid dienone is 1. The molecule has 0 bridgehead atoms. The molecule has 13 nitrogen and oxygen atoms in total. The Morgan fingerprint density at radius 1 is 0.949 bits per heavy atom. The van der Waals surface area contributed by atoms with Gasteiger partial charge in [0.15, 0.2) is 0 Å². The van der Waals surface area contributed by atoms with Crippen LogP contribution < -0.4 is 24.4 Å². The summed E-state index contributed by atoms with van der Waals surface area (Å²) in [5.74, 6) is -4.35. The number of hydrogen-bond donors (Lipinski definition) is 3. The van der Waals surface area contributed by atoms with E-state index in [4.69, 9.17) is 22.1 Å². The zero-order valence-electron chi connectivity index (χ0n) is 19.3. The van der Waals surface area contributed by atoms with Crippen molar-refractivity contribution in [2.24, 2.45) is 0 Å². The molecule has 4 rings (SSSR count). The van der Waals surface area contributed by atoms with Gasteiger partial charge in [0.25, 0.3) is 17.9 Å². The minimum Gasteiger partial charge on any atom is -0.480 e. The summed E-state index contributed by atoms with van der Waals surface area (Å²) >= 11 is 7.88. The molecule has 0 saturated carbocycles. The van der Waals surface area contributed by atoms with Crippen molar-refractivity contribution in [2.45, 2.75) is 11.4 Å². The van der Waals surface area contributed by atoms with Crippen LogP contribution in [0.25, 0.3) is 11.0 Å². The number of rotatable bonds is 9. The topological polar surface area (TPSA) is 184 Å². The number of benzene rings is 1. The summed E-state index contributed by atoms with van der Waals surface area (Å²) in [6.45, 7) is -1.65. The molecular weight excluding hydrogens is 595 g/mol. The maximum absolute atomic E-state index is 13.1. The first-order chi connectivity index (χ1) is 18.5. The minimum absolute atomic E-state index is 0.00213. The Morgan fingerprint density at radius 2 is 1.62 bits per heavy atom. The molecule has 0 aliphatic carbocycles. The van der Waals surface area contributed by atoms with E-state index >= 15 is 0 Å². The fourth-order valence-corrected chi connectivity index (χ4v) is 7.06. The van der Waals surface area contributed by atoms with Gasteiger partial charge in [-0.2, -0.15) is 0 Å². The minimum atomic E-state index is -1.34. The molecular formula is C22H15N3O10S4. The van der Waals surface area contributed by atoms with Gasteiger partial charge in [0.05, 0.1) is 15.2 Å². The number of aromatic nitrogens is 1. The quantitative estimate of drug-likeness (QED) is 0.253. The molecule has 2 aliphatic heterocycles. The number of amides is 1. The molecule has 1 saturated heterocycles. The summed E-state index contributed by atoms with van der Waals surface area (Å²) < 4.78 is 5.73. The highest BCUT2D eigenvalue weighted by atomic mass is 32.2. The number of aliphatic carboxylic acids is 3. The van der Waals surface area contributed by atoms with Gasteiger partial charge in [0, 0.05) is 11.0 Å².